The zero-order valence-corrected chi connectivity index (χ0v) is 18.2. The largest absolute Gasteiger partial charge is 0.103 e. The molecular weight excluding hydrogens is 360 g/mol. The molecule has 0 N–H and O–H groups in total. The van der Waals surface area contributed by atoms with Gasteiger partial charge in [-0.05, 0) is 62.8 Å². The maximum absolute atomic E-state index is 3.85. The Morgan fingerprint density at radius 2 is 1.00 bits per heavy atom. The number of hydrogen-bond acceptors (Lipinski definition) is 0. The first kappa shape index (κ1) is 23.3. The molecule has 0 aliphatic rings. The third-order valence-corrected chi connectivity index (χ3v) is 5.18. The molecule has 2 aromatic carbocycles. The van der Waals surface area contributed by atoms with Gasteiger partial charge in [0.2, 0.25) is 0 Å². The minimum Gasteiger partial charge on any atom is -0.103 e. The van der Waals surface area contributed by atoms with Gasteiger partial charge in [-0.3, -0.25) is 0 Å². The molecule has 2 rings (SSSR count). The minimum atomic E-state index is 0.287. The van der Waals surface area contributed by atoms with Crippen molar-refractivity contribution in [3.8, 4) is 23.7 Å². The van der Waals surface area contributed by atoms with Crippen molar-refractivity contribution in [1.82, 2.24) is 0 Å². The highest BCUT2D eigenvalue weighted by molar-refractivity contribution is 5.37. The average Bonchev–Trinajstić information content (AvgIpc) is 2.80. The van der Waals surface area contributed by atoms with Crippen molar-refractivity contribution in [3.05, 3.63) is 97.1 Å². The summed E-state index contributed by atoms with van der Waals surface area (Å²) in [6.07, 6.45) is 13.0. The van der Waals surface area contributed by atoms with Crippen molar-refractivity contribution >= 4 is 0 Å². The first-order valence-electron chi connectivity index (χ1n) is 11.2. The van der Waals surface area contributed by atoms with Crippen LogP contribution in [0.3, 0.4) is 0 Å². The Bertz CT molecular complexity index is 777. The van der Waals surface area contributed by atoms with Crippen molar-refractivity contribution in [2.24, 2.45) is 11.8 Å². The van der Waals surface area contributed by atoms with Gasteiger partial charge in [0.25, 0.3) is 0 Å². The van der Waals surface area contributed by atoms with Gasteiger partial charge in [-0.1, -0.05) is 85.1 Å². The summed E-state index contributed by atoms with van der Waals surface area (Å²) in [7, 11) is 0. The van der Waals surface area contributed by atoms with Crippen molar-refractivity contribution in [1.29, 1.82) is 0 Å². The van der Waals surface area contributed by atoms with E-state index in [0.717, 1.165) is 49.7 Å². The molecule has 0 heteroatoms. The van der Waals surface area contributed by atoms with Crippen LogP contribution in [-0.2, 0) is 0 Å². The third kappa shape index (κ3) is 9.49. The van der Waals surface area contributed by atoms with E-state index in [1.54, 1.807) is 0 Å². The standard InChI is InChI=1S/C30H34/c1-3-5-7-15-21-29(25-23-27-17-11-9-12-18-27)30(22-16-8-6-4-2)26-24-28-19-13-10-14-20-28/h3-4,9-14,17-20,29-30H,1-2,5-8,15-16,21-22H2. The van der Waals surface area contributed by atoms with Crippen LogP contribution in [0.25, 0.3) is 0 Å². The second-order valence-electron chi connectivity index (χ2n) is 7.63. The third-order valence-electron chi connectivity index (χ3n) is 5.18. The van der Waals surface area contributed by atoms with Crippen LogP contribution in [-0.4, -0.2) is 0 Å². The fourth-order valence-corrected chi connectivity index (χ4v) is 3.45. The van der Waals surface area contributed by atoms with Crippen LogP contribution in [0.5, 0.6) is 0 Å². The smallest absolute Gasteiger partial charge is 0.0344 e. The van der Waals surface area contributed by atoms with Crippen LogP contribution < -0.4 is 0 Å². The summed E-state index contributed by atoms with van der Waals surface area (Å²) in [5, 5.41) is 0. The van der Waals surface area contributed by atoms with Gasteiger partial charge in [-0.2, -0.15) is 0 Å². The Morgan fingerprint density at radius 3 is 1.37 bits per heavy atom. The van der Waals surface area contributed by atoms with Gasteiger partial charge in [-0.25, -0.2) is 0 Å². The lowest BCUT2D eigenvalue weighted by molar-refractivity contribution is 0.416. The van der Waals surface area contributed by atoms with Crippen molar-refractivity contribution in [3.63, 3.8) is 0 Å². The van der Waals surface area contributed by atoms with Crippen molar-refractivity contribution < 1.29 is 0 Å². The lowest BCUT2D eigenvalue weighted by Crippen LogP contribution is -2.12. The Kier molecular flexibility index (Phi) is 11.6. The number of allylic oxidation sites excluding steroid dienone is 2. The summed E-state index contributed by atoms with van der Waals surface area (Å²) in [5.74, 6) is 14.6. The van der Waals surface area contributed by atoms with Crippen LogP contribution in [0.15, 0.2) is 86.0 Å². The number of unbranched alkanes of at least 4 members (excludes halogenated alkanes) is 4. The van der Waals surface area contributed by atoms with E-state index in [0.29, 0.717) is 0 Å². The molecule has 0 saturated carbocycles. The molecule has 0 aliphatic carbocycles. The Morgan fingerprint density at radius 1 is 0.600 bits per heavy atom. The van der Waals surface area contributed by atoms with Gasteiger partial charge in [0.15, 0.2) is 0 Å². The average molecular weight is 395 g/mol. The Balaban J connectivity index is 2.21. The molecule has 0 radical (unpaired) electrons. The fourth-order valence-electron chi connectivity index (χ4n) is 3.45. The molecule has 0 fully saturated rings. The van der Waals surface area contributed by atoms with Gasteiger partial charge in [0.1, 0.15) is 0 Å². The Hall–Kier alpha value is -2.96. The molecule has 0 spiro atoms. The van der Waals surface area contributed by atoms with Crippen LogP contribution in [0, 0.1) is 35.5 Å². The molecular formula is C30H34. The van der Waals surface area contributed by atoms with Gasteiger partial charge in [0.05, 0.1) is 0 Å². The summed E-state index contributed by atoms with van der Waals surface area (Å²) >= 11 is 0. The fraction of sp³-hybridized carbons (Fsp3) is 0.333. The molecule has 0 aromatic heterocycles. The number of rotatable bonds is 11. The quantitative estimate of drug-likeness (QED) is 0.207. The molecule has 2 aromatic rings. The second-order valence-corrected chi connectivity index (χ2v) is 7.63. The van der Waals surface area contributed by atoms with E-state index in [1.165, 1.54) is 12.8 Å². The molecule has 0 saturated heterocycles. The summed E-state index contributed by atoms with van der Waals surface area (Å²) in [6.45, 7) is 7.70. The first-order valence-corrected chi connectivity index (χ1v) is 11.2. The monoisotopic (exact) mass is 394 g/mol. The molecule has 2 atom stereocenters. The number of hydrogen-bond donors (Lipinski definition) is 0. The van der Waals surface area contributed by atoms with Gasteiger partial charge in [-0.15, -0.1) is 13.2 Å². The predicted molar refractivity (Wildman–Crippen MR) is 131 cm³/mol. The van der Waals surface area contributed by atoms with E-state index in [1.807, 2.05) is 48.6 Å². The van der Waals surface area contributed by atoms with E-state index in [4.69, 9.17) is 0 Å². The second kappa shape index (κ2) is 15.0. The highest BCUT2D eigenvalue weighted by atomic mass is 14.2. The number of benzene rings is 2. The molecule has 0 aliphatic heterocycles. The van der Waals surface area contributed by atoms with Crippen LogP contribution in [0.2, 0.25) is 0 Å². The van der Waals surface area contributed by atoms with Gasteiger partial charge >= 0.3 is 0 Å². The molecule has 2 unspecified atom stereocenters. The van der Waals surface area contributed by atoms with Gasteiger partial charge in [0, 0.05) is 23.0 Å². The normalized spacial score (nSPS) is 11.9. The van der Waals surface area contributed by atoms with Crippen LogP contribution >= 0.6 is 0 Å². The summed E-state index contributed by atoms with van der Waals surface area (Å²) in [5.41, 5.74) is 2.16. The predicted octanol–water partition coefficient (Wildman–Crippen LogP) is 7.82. The van der Waals surface area contributed by atoms with E-state index in [9.17, 15) is 0 Å². The van der Waals surface area contributed by atoms with E-state index < -0.39 is 0 Å². The lowest BCUT2D eigenvalue weighted by Gasteiger charge is -2.18. The molecule has 30 heavy (non-hydrogen) atoms. The SMILES string of the molecule is C=CCCCCC(C#Cc1ccccc1)C(C#Cc1ccccc1)CCCCC=C. The van der Waals surface area contributed by atoms with Crippen LogP contribution in [0.1, 0.15) is 62.5 Å². The van der Waals surface area contributed by atoms with Gasteiger partial charge < -0.3 is 0 Å². The molecule has 154 valence electrons. The van der Waals surface area contributed by atoms with Crippen molar-refractivity contribution in [2.75, 3.05) is 0 Å². The summed E-state index contributed by atoms with van der Waals surface area (Å²) in [6, 6.07) is 20.6. The first-order chi connectivity index (χ1) is 14.8. The Labute approximate surface area is 184 Å². The van der Waals surface area contributed by atoms with Crippen molar-refractivity contribution in [2.45, 2.75) is 51.4 Å². The summed E-state index contributed by atoms with van der Waals surface area (Å²) in [4.78, 5) is 0. The lowest BCUT2D eigenvalue weighted by atomic mass is 9.84. The highest BCUT2D eigenvalue weighted by Gasteiger charge is 2.17. The maximum atomic E-state index is 3.85. The van der Waals surface area contributed by atoms with E-state index >= 15 is 0 Å². The molecule has 0 bridgehead atoms. The maximum Gasteiger partial charge on any atom is 0.0344 e. The minimum absolute atomic E-state index is 0.287. The highest BCUT2D eigenvalue weighted by Crippen LogP contribution is 2.24. The molecule has 0 heterocycles. The van der Waals surface area contributed by atoms with Crippen LogP contribution in [0.4, 0.5) is 0 Å². The zero-order valence-electron chi connectivity index (χ0n) is 18.2. The topological polar surface area (TPSA) is 0 Å². The van der Waals surface area contributed by atoms with E-state index in [2.05, 4.69) is 61.1 Å². The summed E-state index contributed by atoms with van der Waals surface area (Å²) < 4.78 is 0. The van der Waals surface area contributed by atoms with E-state index in [-0.39, 0.29) is 11.8 Å². The molecule has 0 nitrogen and oxygen atoms in total. The molecule has 0 amide bonds. The zero-order chi connectivity index (χ0) is 21.3.